The van der Waals surface area contributed by atoms with Crippen molar-refractivity contribution < 1.29 is 9.47 Å². The van der Waals surface area contributed by atoms with Gasteiger partial charge in [-0.1, -0.05) is 12.1 Å². The Balaban J connectivity index is 1.71. The molecule has 4 aromatic rings. The van der Waals surface area contributed by atoms with E-state index in [1.165, 1.54) is 0 Å². The van der Waals surface area contributed by atoms with Gasteiger partial charge in [0.15, 0.2) is 0 Å². The maximum absolute atomic E-state index is 12.8. The normalized spacial score (nSPS) is 17.0. The average molecular weight is 404 g/mol. The second-order valence-electron chi connectivity index (χ2n) is 7.88. The molecule has 3 aromatic heterocycles. The van der Waals surface area contributed by atoms with Gasteiger partial charge in [0.2, 0.25) is 5.88 Å². The average Bonchev–Trinajstić information content (AvgIpc) is 3.20. The lowest BCUT2D eigenvalue weighted by Gasteiger charge is -2.23. The Kier molecular flexibility index (Phi) is 4.55. The number of hydrogen-bond acceptors (Lipinski definition) is 5. The highest BCUT2D eigenvalue weighted by Crippen LogP contribution is 2.33. The molecule has 0 radical (unpaired) electrons. The lowest BCUT2D eigenvalue weighted by molar-refractivity contribution is 0.0565. The zero-order chi connectivity index (χ0) is 20.8. The van der Waals surface area contributed by atoms with Gasteiger partial charge in [0.1, 0.15) is 0 Å². The molecule has 1 N–H and O–H groups in total. The van der Waals surface area contributed by atoms with Crippen LogP contribution in [0.5, 0.6) is 5.88 Å². The minimum absolute atomic E-state index is 0.126. The van der Waals surface area contributed by atoms with Crippen LogP contribution < -0.4 is 10.3 Å². The molecule has 1 atom stereocenters. The number of aromatic amines is 1. The van der Waals surface area contributed by atoms with Gasteiger partial charge in [-0.25, -0.2) is 4.98 Å². The van der Waals surface area contributed by atoms with E-state index in [-0.39, 0.29) is 11.6 Å². The number of fused-ring (bicyclic) bond motifs is 3. The van der Waals surface area contributed by atoms with Crippen molar-refractivity contribution in [3.8, 4) is 17.0 Å². The molecule has 1 aliphatic heterocycles. The van der Waals surface area contributed by atoms with Crippen molar-refractivity contribution in [1.82, 2.24) is 19.7 Å². The molecule has 1 saturated heterocycles. The highest BCUT2D eigenvalue weighted by atomic mass is 16.5. The topological polar surface area (TPSA) is 82.0 Å². The van der Waals surface area contributed by atoms with Crippen molar-refractivity contribution in [3.63, 3.8) is 0 Å². The predicted molar refractivity (Wildman–Crippen MR) is 116 cm³/mol. The van der Waals surface area contributed by atoms with Crippen molar-refractivity contribution in [2.75, 3.05) is 20.3 Å². The van der Waals surface area contributed by atoms with Crippen LogP contribution >= 0.6 is 0 Å². The maximum atomic E-state index is 12.8. The Morgan fingerprint density at radius 1 is 1.23 bits per heavy atom. The number of rotatable bonds is 3. The smallest absolute Gasteiger partial charge is 0.259 e. The van der Waals surface area contributed by atoms with Crippen molar-refractivity contribution in [2.45, 2.75) is 32.7 Å². The first-order chi connectivity index (χ1) is 14.6. The molecule has 0 amide bonds. The first kappa shape index (κ1) is 18.8. The molecule has 7 nitrogen and oxygen atoms in total. The monoisotopic (exact) mass is 404 g/mol. The molecule has 1 aromatic carbocycles. The van der Waals surface area contributed by atoms with Crippen LogP contribution in [0.25, 0.3) is 32.9 Å². The van der Waals surface area contributed by atoms with Gasteiger partial charge in [0, 0.05) is 29.3 Å². The highest BCUT2D eigenvalue weighted by Gasteiger charge is 2.21. The molecule has 0 saturated carbocycles. The van der Waals surface area contributed by atoms with Gasteiger partial charge in [-0.15, -0.1) is 0 Å². The predicted octanol–water partition coefficient (Wildman–Crippen LogP) is 3.92. The molecule has 0 aliphatic carbocycles. The van der Waals surface area contributed by atoms with Gasteiger partial charge in [-0.3, -0.25) is 9.48 Å². The van der Waals surface area contributed by atoms with Crippen LogP contribution in [0.1, 0.15) is 30.1 Å². The van der Waals surface area contributed by atoms with E-state index in [9.17, 15) is 4.79 Å². The van der Waals surface area contributed by atoms with Crippen LogP contribution in [0, 0.1) is 13.8 Å². The number of pyridine rings is 2. The third-order valence-corrected chi connectivity index (χ3v) is 5.92. The Labute approximate surface area is 173 Å². The fourth-order valence-corrected chi connectivity index (χ4v) is 4.53. The molecule has 0 bridgehead atoms. The molecule has 1 unspecified atom stereocenters. The lowest BCUT2D eigenvalue weighted by atomic mass is 9.97. The molecular formula is C23H24N4O3. The SMILES string of the molecule is COc1cc(C)c(-c2ccc3c(c2)[nH]c(=O)c2cnn(C4CCCOC4)c23)c(C)n1. The summed E-state index contributed by atoms with van der Waals surface area (Å²) in [7, 11) is 1.62. The molecule has 154 valence electrons. The Morgan fingerprint density at radius 2 is 2.10 bits per heavy atom. The zero-order valence-electron chi connectivity index (χ0n) is 17.4. The molecule has 1 aliphatic rings. The van der Waals surface area contributed by atoms with Gasteiger partial charge in [-0.05, 0) is 43.9 Å². The van der Waals surface area contributed by atoms with Crippen molar-refractivity contribution >= 4 is 21.8 Å². The van der Waals surface area contributed by atoms with E-state index in [2.05, 4.69) is 27.2 Å². The number of aryl methyl sites for hydroxylation is 2. The number of ether oxygens (including phenoxy) is 2. The van der Waals surface area contributed by atoms with Crippen LogP contribution in [0.15, 0.2) is 35.3 Å². The number of nitrogens with zero attached hydrogens (tertiary/aromatic N) is 3. The minimum atomic E-state index is -0.126. The molecule has 30 heavy (non-hydrogen) atoms. The third kappa shape index (κ3) is 2.97. The number of hydrogen-bond donors (Lipinski definition) is 1. The van der Waals surface area contributed by atoms with E-state index < -0.39 is 0 Å². The first-order valence-corrected chi connectivity index (χ1v) is 10.2. The van der Waals surface area contributed by atoms with E-state index >= 15 is 0 Å². The summed E-state index contributed by atoms with van der Waals surface area (Å²) in [6, 6.07) is 8.24. The summed E-state index contributed by atoms with van der Waals surface area (Å²) in [5.41, 5.74) is 5.56. The summed E-state index contributed by atoms with van der Waals surface area (Å²) in [6.45, 7) is 5.42. The minimum Gasteiger partial charge on any atom is -0.481 e. The summed E-state index contributed by atoms with van der Waals surface area (Å²) in [6.07, 6.45) is 3.66. The van der Waals surface area contributed by atoms with Gasteiger partial charge < -0.3 is 14.5 Å². The molecule has 5 rings (SSSR count). The standard InChI is InChI=1S/C23H24N4O3/c1-13-9-20(29-3)25-14(2)21(13)15-6-7-17-19(10-15)26-23(28)18-11-24-27(22(17)18)16-5-4-8-30-12-16/h6-7,9-11,16H,4-5,8,12H2,1-3H3,(H,26,28). The summed E-state index contributed by atoms with van der Waals surface area (Å²) >= 11 is 0. The third-order valence-electron chi connectivity index (χ3n) is 5.92. The molecular weight excluding hydrogens is 380 g/mol. The number of aromatic nitrogens is 4. The van der Waals surface area contributed by atoms with E-state index in [0.717, 1.165) is 58.3 Å². The van der Waals surface area contributed by atoms with E-state index in [1.807, 2.05) is 30.7 Å². The summed E-state index contributed by atoms with van der Waals surface area (Å²) in [4.78, 5) is 20.3. The first-order valence-electron chi connectivity index (χ1n) is 10.2. The lowest BCUT2D eigenvalue weighted by Crippen LogP contribution is -2.22. The van der Waals surface area contributed by atoms with Crippen LogP contribution in [-0.2, 0) is 4.74 Å². The number of methoxy groups -OCH3 is 1. The molecule has 0 spiro atoms. The van der Waals surface area contributed by atoms with E-state index in [4.69, 9.17) is 9.47 Å². The van der Waals surface area contributed by atoms with Crippen LogP contribution in [0.2, 0.25) is 0 Å². The second kappa shape index (κ2) is 7.25. The summed E-state index contributed by atoms with van der Waals surface area (Å²) in [5.74, 6) is 0.600. The number of H-pyrrole nitrogens is 1. The largest absolute Gasteiger partial charge is 0.481 e. The molecule has 7 heteroatoms. The van der Waals surface area contributed by atoms with Crippen LogP contribution in [0.3, 0.4) is 0 Å². The maximum Gasteiger partial charge on any atom is 0.259 e. The summed E-state index contributed by atoms with van der Waals surface area (Å²) in [5, 5.41) is 6.14. The Hall–Kier alpha value is -3.19. The van der Waals surface area contributed by atoms with E-state index in [1.54, 1.807) is 13.3 Å². The molecule has 1 fully saturated rings. The second-order valence-corrected chi connectivity index (χ2v) is 7.88. The van der Waals surface area contributed by atoms with Gasteiger partial charge in [0.05, 0.1) is 42.4 Å². The van der Waals surface area contributed by atoms with Crippen molar-refractivity contribution in [2.24, 2.45) is 0 Å². The fraction of sp³-hybridized carbons (Fsp3) is 0.348. The number of benzene rings is 1. The fourth-order valence-electron chi connectivity index (χ4n) is 4.53. The van der Waals surface area contributed by atoms with Gasteiger partial charge in [-0.2, -0.15) is 5.10 Å². The summed E-state index contributed by atoms with van der Waals surface area (Å²) < 4.78 is 12.9. The zero-order valence-corrected chi connectivity index (χ0v) is 17.4. The van der Waals surface area contributed by atoms with E-state index in [0.29, 0.717) is 17.9 Å². The molecule has 4 heterocycles. The number of nitrogens with one attached hydrogen (secondary N) is 1. The van der Waals surface area contributed by atoms with Crippen LogP contribution in [0.4, 0.5) is 0 Å². The van der Waals surface area contributed by atoms with Gasteiger partial charge >= 0.3 is 0 Å². The van der Waals surface area contributed by atoms with Crippen molar-refractivity contribution in [3.05, 3.63) is 52.1 Å². The Morgan fingerprint density at radius 3 is 2.83 bits per heavy atom. The highest BCUT2D eigenvalue weighted by molar-refractivity contribution is 6.04. The quantitative estimate of drug-likeness (QED) is 0.560. The van der Waals surface area contributed by atoms with Crippen LogP contribution in [-0.4, -0.2) is 40.1 Å². The van der Waals surface area contributed by atoms with Crippen molar-refractivity contribution in [1.29, 1.82) is 0 Å². The Bertz CT molecular complexity index is 1290. The van der Waals surface area contributed by atoms with Gasteiger partial charge in [0.25, 0.3) is 5.56 Å².